The summed E-state index contributed by atoms with van der Waals surface area (Å²) in [5.74, 6) is -0.186. The standard InChI is InChI=1S/C13H24N2O2/c1-6-15(10-11(2)9-14)8-7-12(16)17-13(3,4)5/h11H,6-8,10H2,1-5H3. The van der Waals surface area contributed by atoms with Crippen LogP contribution in [0, 0.1) is 17.2 Å². The van der Waals surface area contributed by atoms with E-state index in [1.807, 2.05) is 34.6 Å². The Morgan fingerprint density at radius 2 is 2.06 bits per heavy atom. The number of ether oxygens (including phenoxy) is 1. The largest absolute Gasteiger partial charge is 0.460 e. The average Bonchev–Trinajstić information content (AvgIpc) is 2.21. The summed E-state index contributed by atoms with van der Waals surface area (Å²) in [6.45, 7) is 11.7. The fraction of sp³-hybridized carbons (Fsp3) is 0.846. The molecule has 0 aromatic carbocycles. The zero-order valence-corrected chi connectivity index (χ0v) is 11.6. The zero-order valence-electron chi connectivity index (χ0n) is 11.6. The Morgan fingerprint density at radius 1 is 1.47 bits per heavy atom. The molecule has 1 atom stereocenters. The van der Waals surface area contributed by atoms with Crippen molar-refractivity contribution in [3.05, 3.63) is 0 Å². The van der Waals surface area contributed by atoms with Crippen LogP contribution in [-0.4, -0.2) is 36.1 Å². The molecule has 98 valence electrons. The van der Waals surface area contributed by atoms with Crippen LogP contribution < -0.4 is 0 Å². The van der Waals surface area contributed by atoms with E-state index in [0.717, 1.165) is 6.54 Å². The molecule has 0 aromatic rings. The van der Waals surface area contributed by atoms with Gasteiger partial charge in [0.15, 0.2) is 0 Å². The second kappa shape index (κ2) is 7.29. The number of carbonyl (C=O) groups excluding carboxylic acids is 1. The zero-order chi connectivity index (χ0) is 13.5. The van der Waals surface area contributed by atoms with E-state index < -0.39 is 5.60 Å². The SMILES string of the molecule is CCN(CCC(=O)OC(C)(C)C)CC(C)C#N. The van der Waals surface area contributed by atoms with Crippen molar-refractivity contribution in [2.75, 3.05) is 19.6 Å². The van der Waals surface area contributed by atoms with Crippen molar-refractivity contribution in [2.24, 2.45) is 5.92 Å². The third-order valence-electron chi connectivity index (χ3n) is 2.25. The van der Waals surface area contributed by atoms with E-state index in [2.05, 4.69) is 11.0 Å². The number of esters is 1. The van der Waals surface area contributed by atoms with Crippen molar-refractivity contribution >= 4 is 5.97 Å². The predicted octanol–water partition coefficient (Wildman–Crippen LogP) is 2.20. The summed E-state index contributed by atoms with van der Waals surface area (Å²) >= 11 is 0. The minimum absolute atomic E-state index is 0.00594. The highest BCUT2D eigenvalue weighted by Crippen LogP contribution is 2.09. The van der Waals surface area contributed by atoms with Gasteiger partial charge in [0, 0.05) is 13.1 Å². The van der Waals surface area contributed by atoms with Crippen molar-refractivity contribution in [3.8, 4) is 6.07 Å². The Bertz CT molecular complexity index is 276. The summed E-state index contributed by atoms with van der Waals surface area (Å²) in [6, 6.07) is 2.20. The van der Waals surface area contributed by atoms with Crippen LogP contribution in [0.2, 0.25) is 0 Å². The predicted molar refractivity (Wildman–Crippen MR) is 67.4 cm³/mol. The summed E-state index contributed by atoms with van der Waals surface area (Å²) in [4.78, 5) is 13.6. The van der Waals surface area contributed by atoms with Crippen molar-refractivity contribution < 1.29 is 9.53 Å². The van der Waals surface area contributed by atoms with Crippen LogP contribution in [-0.2, 0) is 9.53 Å². The Morgan fingerprint density at radius 3 is 2.47 bits per heavy atom. The van der Waals surface area contributed by atoms with Gasteiger partial charge in [0.25, 0.3) is 0 Å². The van der Waals surface area contributed by atoms with Crippen LogP contribution in [0.4, 0.5) is 0 Å². The average molecular weight is 240 g/mol. The molecule has 0 aromatic heterocycles. The van der Waals surface area contributed by atoms with Gasteiger partial charge in [-0.15, -0.1) is 0 Å². The summed E-state index contributed by atoms with van der Waals surface area (Å²) in [6.07, 6.45) is 0.378. The highest BCUT2D eigenvalue weighted by Gasteiger charge is 2.17. The molecule has 4 nitrogen and oxygen atoms in total. The van der Waals surface area contributed by atoms with Crippen LogP contribution in [0.1, 0.15) is 41.0 Å². The lowest BCUT2D eigenvalue weighted by molar-refractivity contribution is -0.155. The molecule has 0 aliphatic heterocycles. The molecule has 0 aliphatic rings. The van der Waals surface area contributed by atoms with Crippen LogP contribution >= 0.6 is 0 Å². The maximum atomic E-state index is 11.5. The van der Waals surface area contributed by atoms with Gasteiger partial charge in [-0.3, -0.25) is 4.79 Å². The molecule has 0 radical (unpaired) electrons. The molecule has 0 rings (SSSR count). The second-order valence-electron chi connectivity index (χ2n) is 5.26. The number of rotatable bonds is 6. The van der Waals surface area contributed by atoms with Gasteiger partial charge in [-0.05, 0) is 34.2 Å². The minimum atomic E-state index is -0.423. The van der Waals surface area contributed by atoms with Crippen molar-refractivity contribution in [3.63, 3.8) is 0 Å². The van der Waals surface area contributed by atoms with Gasteiger partial charge in [0.05, 0.1) is 18.4 Å². The molecule has 0 saturated carbocycles. The first-order chi connectivity index (χ1) is 7.78. The molecule has 0 heterocycles. The van der Waals surface area contributed by atoms with Gasteiger partial charge in [0.1, 0.15) is 5.60 Å². The first-order valence-electron chi connectivity index (χ1n) is 6.12. The molecular weight excluding hydrogens is 216 g/mol. The number of hydrogen-bond donors (Lipinski definition) is 0. The molecule has 1 unspecified atom stereocenters. The fourth-order valence-corrected chi connectivity index (χ4v) is 1.45. The molecule has 0 N–H and O–H groups in total. The third-order valence-corrected chi connectivity index (χ3v) is 2.25. The smallest absolute Gasteiger partial charge is 0.307 e. The van der Waals surface area contributed by atoms with E-state index in [1.54, 1.807) is 0 Å². The number of nitrogens with zero attached hydrogens (tertiary/aromatic N) is 2. The second-order valence-corrected chi connectivity index (χ2v) is 5.26. The first-order valence-corrected chi connectivity index (χ1v) is 6.12. The molecule has 0 bridgehead atoms. The Labute approximate surface area is 105 Å². The number of nitriles is 1. The third kappa shape index (κ3) is 8.70. The van der Waals surface area contributed by atoms with Gasteiger partial charge in [-0.1, -0.05) is 6.92 Å². The monoisotopic (exact) mass is 240 g/mol. The lowest BCUT2D eigenvalue weighted by atomic mass is 10.2. The van der Waals surface area contributed by atoms with E-state index >= 15 is 0 Å². The fourth-order valence-electron chi connectivity index (χ4n) is 1.45. The van der Waals surface area contributed by atoms with Crippen LogP contribution in [0.15, 0.2) is 0 Å². The topological polar surface area (TPSA) is 53.3 Å². The number of hydrogen-bond acceptors (Lipinski definition) is 4. The quantitative estimate of drug-likeness (QED) is 0.668. The molecule has 0 amide bonds. The Kier molecular flexibility index (Phi) is 6.82. The maximum Gasteiger partial charge on any atom is 0.307 e. The highest BCUT2D eigenvalue weighted by atomic mass is 16.6. The van der Waals surface area contributed by atoms with Gasteiger partial charge >= 0.3 is 5.97 Å². The molecular formula is C13H24N2O2. The molecule has 0 fully saturated rings. The normalized spacial score (nSPS) is 13.2. The Balaban J connectivity index is 3.99. The molecule has 0 aliphatic carbocycles. The number of carbonyl (C=O) groups is 1. The maximum absolute atomic E-state index is 11.5. The van der Waals surface area contributed by atoms with Crippen molar-refractivity contribution in [1.82, 2.24) is 4.90 Å². The van der Waals surface area contributed by atoms with E-state index in [-0.39, 0.29) is 11.9 Å². The summed E-state index contributed by atoms with van der Waals surface area (Å²) in [5.41, 5.74) is -0.423. The molecule has 17 heavy (non-hydrogen) atoms. The van der Waals surface area contributed by atoms with Crippen LogP contribution in [0.5, 0.6) is 0 Å². The highest BCUT2D eigenvalue weighted by molar-refractivity contribution is 5.70. The summed E-state index contributed by atoms with van der Waals surface area (Å²) in [7, 11) is 0. The van der Waals surface area contributed by atoms with Gasteiger partial charge < -0.3 is 9.64 Å². The van der Waals surface area contributed by atoms with E-state index in [1.165, 1.54) is 0 Å². The molecule has 0 spiro atoms. The van der Waals surface area contributed by atoms with E-state index in [4.69, 9.17) is 10.00 Å². The van der Waals surface area contributed by atoms with Gasteiger partial charge in [0.2, 0.25) is 0 Å². The van der Waals surface area contributed by atoms with E-state index in [9.17, 15) is 4.79 Å². The molecule has 0 saturated heterocycles. The Hall–Kier alpha value is -1.08. The van der Waals surface area contributed by atoms with Gasteiger partial charge in [-0.2, -0.15) is 5.26 Å². The van der Waals surface area contributed by atoms with Gasteiger partial charge in [-0.25, -0.2) is 0 Å². The van der Waals surface area contributed by atoms with E-state index in [0.29, 0.717) is 19.5 Å². The molecule has 4 heteroatoms. The lowest BCUT2D eigenvalue weighted by Gasteiger charge is -2.23. The summed E-state index contributed by atoms with van der Waals surface area (Å²) < 4.78 is 5.23. The minimum Gasteiger partial charge on any atom is -0.460 e. The first kappa shape index (κ1) is 15.9. The van der Waals surface area contributed by atoms with Crippen molar-refractivity contribution in [1.29, 1.82) is 5.26 Å². The van der Waals surface area contributed by atoms with Crippen LogP contribution in [0.25, 0.3) is 0 Å². The summed E-state index contributed by atoms with van der Waals surface area (Å²) in [5, 5.41) is 8.74. The van der Waals surface area contributed by atoms with Crippen molar-refractivity contribution in [2.45, 2.75) is 46.6 Å². The van der Waals surface area contributed by atoms with Crippen LogP contribution in [0.3, 0.4) is 0 Å². The lowest BCUT2D eigenvalue weighted by Crippen LogP contribution is -2.32.